The van der Waals surface area contributed by atoms with E-state index in [4.69, 9.17) is 4.74 Å². The molecule has 0 amide bonds. The van der Waals surface area contributed by atoms with Gasteiger partial charge in [0.2, 0.25) is 0 Å². The molecular weight excluding hydrogens is 382 g/mol. The van der Waals surface area contributed by atoms with Crippen molar-refractivity contribution >= 4 is 27.4 Å². The Morgan fingerprint density at radius 1 is 1.26 bits per heavy atom. The molecule has 0 radical (unpaired) electrons. The molecule has 0 aliphatic carbocycles. The summed E-state index contributed by atoms with van der Waals surface area (Å²) in [5, 5.41) is 2.04. The lowest BCUT2D eigenvalue weighted by atomic mass is 10.2. The number of para-hydroxylation sites is 1. The Morgan fingerprint density at radius 2 is 2.11 bits per heavy atom. The highest BCUT2D eigenvalue weighted by Gasteiger charge is 2.24. The summed E-state index contributed by atoms with van der Waals surface area (Å²) in [6.45, 7) is 2.71. The van der Waals surface area contributed by atoms with Gasteiger partial charge >= 0.3 is 0 Å². The summed E-state index contributed by atoms with van der Waals surface area (Å²) < 4.78 is 33.8. The first-order valence-corrected chi connectivity index (χ1v) is 11.0. The van der Waals surface area contributed by atoms with Crippen LogP contribution in [0, 0.1) is 0 Å². The van der Waals surface area contributed by atoms with Gasteiger partial charge in [0, 0.05) is 36.6 Å². The zero-order valence-electron chi connectivity index (χ0n) is 14.5. The van der Waals surface area contributed by atoms with Gasteiger partial charge in [-0.05, 0) is 24.3 Å². The van der Waals surface area contributed by atoms with E-state index in [2.05, 4.69) is 14.6 Å². The Labute approximate surface area is 163 Å². The van der Waals surface area contributed by atoms with Crippen LogP contribution in [0.25, 0.3) is 0 Å². The van der Waals surface area contributed by atoms with Crippen LogP contribution in [0.2, 0.25) is 0 Å². The third kappa shape index (κ3) is 4.36. The molecule has 6 nitrogen and oxygen atoms in total. The quantitative estimate of drug-likeness (QED) is 0.662. The second kappa shape index (κ2) is 7.77. The topological polar surface area (TPSA) is 77.5 Å². The number of sulfonamides is 1. The zero-order chi connectivity index (χ0) is 18.7. The van der Waals surface area contributed by atoms with Gasteiger partial charge in [-0.1, -0.05) is 22.4 Å². The molecular formula is C19H19N3O3S2. The fourth-order valence-electron chi connectivity index (χ4n) is 2.97. The van der Waals surface area contributed by atoms with Gasteiger partial charge in [-0.2, -0.15) is 0 Å². The predicted molar refractivity (Wildman–Crippen MR) is 105 cm³/mol. The standard InChI is InChI=1S/C19H19N3O3S2/c23-27(24,21-16-4-2-1-3-5-16)18-7-6-15-11-22(8-9-25-19(15)10-18)12-17-13-26-14-20-17/h1-7,10,13-14H,8-9,11-12H2,(H-,21,23,24). The number of hydrogen-bond donors (Lipinski definition) is 1. The molecule has 1 atom stereocenters. The summed E-state index contributed by atoms with van der Waals surface area (Å²) in [7, 11) is -3.67. The van der Waals surface area contributed by atoms with E-state index in [9.17, 15) is 8.76 Å². The molecule has 0 saturated carbocycles. The van der Waals surface area contributed by atoms with E-state index in [-0.39, 0.29) is 4.90 Å². The highest BCUT2D eigenvalue weighted by molar-refractivity contribution is 7.98. The number of nitrogens with one attached hydrogen (secondary N) is 1. The average molecular weight is 402 g/mol. The first-order chi connectivity index (χ1) is 13.1. The molecule has 1 aromatic heterocycles. The van der Waals surface area contributed by atoms with Gasteiger partial charge in [0.25, 0.3) is 0 Å². The first-order valence-electron chi connectivity index (χ1n) is 8.53. The monoisotopic (exact) mass is 401 g/mol. The van der Waals surface area contributed by atoms with Gasteiger partial charge in [0.1, 0.15) is 12.4 Å². The molecule has 8 heteroatoms. The van der Waals surface area contributed by atoms with Crippen molar-refractivity contribution in [3.05, 3.63) is 70.7 Å². The van der Waals surface area contributed by atoms with Crippen molar-refractivity contribution in [3.63, 3.8) is 0 Å². The molecule has 1 unspecified atom stereocenters. The molecule has 1 aliphatic heterocycles. The maximum Gasteiger partial charge on any atom is 0.184 e. The summed E-state index contributed by atoms with van der Waals surface area (Å²) in [6.07, 6.45) is 0. The minimum atomic E-state index is -3.67. The van der Waals surface area contributed by atoms with Crippen molar-refractivity contribution in [2.45, 2.75) is 18.0 Å². The number of rotatable bonds is 5. The Bertz CT molecular complexity index is 948. The Hall–Kier alpha value is -2.26. The second-order valence-corrected chi connectivity index (χ2v) is 8.68. The highest BCUT2D eigenvalue weighted by Crippen LogP contribution is 2.29. The number of ether oxygens (including phenoxy) is 1. The van der Waals surface area contributed by atoms with Crippen molar-refractivity contribution in [1.29, 1.82) is 0 Å². The summed E-state index contributed by atoms with van der Waals surface area (Å²) in [6, 6.07) is 13.9. The van der Waals surface area contributed by atoms with Crippen molar-refractivity contribution in [3.8, 4) is 5.75 Å². The molecule has 0 fully saturated rings. The second-order valence-electron chi connectivity index (χ2n) is 6.28. The number of benzene rings is 2. The third-order valence-electron chi connectivity index (χ3n) is 4.30. The normalized spacial score (nSPS) is 16.6. The minimum absolute atomic E-state index is 0.193. The number of anilines is 1. The summed E-state index contributed by atoms with van der Waals surface area (Å²) in [5.41, 5.74) is 4.37. The minimum Gasteiger partial charge on any atom is -0.588 e. The van der Waals surface area contributed by atoms with E-state index < -0.39 is 10.4 Å². The van der Waals surface area contributed by atoms with Gasteiger partial charge in [0.05, 0.1) is 16.9 Å². The summed E-state index contributed by atoms with van der Waals surface area (Å²) in [4.78, 5) is 6.77. The van der Waals surface area contributed by atoms with Crippen LogP contribution < -0.4 is 9.46 Å². The summed E-state index contributed by atoms with van der Waals surface area (Å²) >= 11 is 1.58. The van der Waals surface area contributed by atoms with Gasteiger partial charge in [-0.3, -0.25) is 4.90 Å². The van der Waals surface area contributed by atoms with Gasteiger partial charge in [0.15, 0.2) is 15.3 Å². The molecule has 0 saturated heterocycles. The van der Waals surface area contributed by atoms with Crippen LogP contribution in [0.4, 0.5) is 5.69 Å². The predicted octanol–water partition coefficient (Wildman–Crippen LogP) is 3.55. The molecule has 1 N–H and O–H groups in total. The van der Waals surface area contributed by atoms with Crippen LogP contribution in [0.3, 0.4) is 0 Å². The first kappa shape index (κ1) is 18.1. The van der Waals surface area contributed by atoms with Crippen LogP contribution >= 0.6 is 11.3 Å². The Morgan fingerprint density at radius 3 is 2.89 bits per heavy atom. The van der Waals surface area contributed by atoms with Crippen LogP contribution in [0.15, 0.2) is 64.3 Å². The van der Waals surface area contributed by atoms with Gasteiger partial charge < -0.3 is 9.29 Å². The van der Waals surface area contributed by atoms with E-state index >= 15 is 0 Å². The van der Waals surface area contributed by atoms with Crippen molar-refractivity contribution in [1.82, 2.24) is 9.88 Å². The lowest BCUT2D eigenvalue weighted by Crippen LogP contribution is -2.25. The Balaban J connectivity index is 1.53. The molecule has 3 aromatic rings. The van der Waals surface area contributed by atoms with E-state index in [0.717, 1.165) is 24.3 Å². The number of aromatic nitrogens is 1. The van der Waals surface area contributed by atoms with Crippen molar-refractivity contribution in [2.24, 2.45) is 0 Å². The van der Waals surface area contributed by atoms with Crippen LogP contribution in [-0.2, 0) is 27.7 Å². The van der Waals surface area contributed by atoms with Crippen LogP contribution in [0.5, 0.6) is 5.75 Å². The van der Waals surface area contributed by atoms with Crippen molar-refractivity contribution < 1.29 is 13.5 Å². The van der Waals surface area contributed by atoms with E-state index in [1.165, 1.54) is 0 Å². The molecule has 4 rings (SSSR count). The molecule has 140 valence electrons. The van der Waals surface area contributed by atoms with Gasteiger partial charge in [-0.15, -0.1) is 11.3 Å². The Kier molecular flexibility index (Phi) is 5.22. The fraction of sp³-hybridized carbons (Fsp3) is 0.211. The molecule has 0 spiro atoms. The summed E-state index contributed by atoms with van der Waals surface area (Å²) in [5.74, 6) is 0.617. The van der Waals surface area contributed by atoms with Crippen LogP contribution in [-0.4, -0.2) is 27.6 Å². The van der Waals surface area contributed by atoms with Gasteiger partial charge in [-0.25, -0.2) is 9.71 Å². The van der Waals surface area contributed by atoms with Crippen molar-refractivity contribution in [2.75, 3.05) is 17.9 Å². The van der Waals surface area contributed by atoms with E-state index in [0.29, 0.717) is 24.6 Å². The third-order valence-corrected chi connectivity index (χ3v) is 6.32. The average Bonchev–Trinajstić information content (AvgIpc) is 3.07. The number of thiazole rings is 1. The lowest BCUT2D eigenvalue weighted by Gasteiger charge is -2.18. The molecule has 27 heavy (non-hydrogen) atoms. The van der Waals surface area contributed by atoms with E-state index in [1.54, 1.807) is 47.7 Å². The molecule has 1 aliphatic rings. The number of nitrogens with zero attached hydrogens (tertiary/aromatic N) is 2. The lowest BCUT2D eigenvalue weighted by molar-refractivity contribution is 0.218. The molecule has 2 aromatic carbocycles. The smallest absolute Gasteiger partial charge is 0.184 e. The maximum atomic E-state index is 12.7. The number of fused-ring (bicyclic) bond motifs is 1. The van der Waals surface area contributed by atoms with Crippen LogP contribution in [0.1, 0.15) is 11.3 Å². The van der Waals surface area contributed by atoms with E-state index in [1.807, 2.05) is 23.0 Å². The number of hydrogen-bond acceptors (Lipinski definition) is 6. The fourth-order valence-corrected chi connectivity index (χ4v) is 4.59. The molecule has 2 heterocycles. The highest BCUT2D eigenvalue weighted by atomic mass is 32.3. The SMILES string of the molecule is O=[S+]([O-])(Nc1ccccc1)c1ccc2c(c1)OCCN(Cc1cscn1)C2. The maximum absolute atomic E-state index is 12.7. The largest absolute Gasteiger partial charge is 0.588 e. The molecule has 0 bridgehead atoms. The zero-order valence-corrected chi connectivity index (χ0v) is 16.2.